The molecule has 0 saturated heterocycles. The summed E-state index contributed by atoms with van der Waals surface area (Å²) in [5.41, 5.74) is 1.87. The average Bonchev–Trinajstić information content (AvgIpc) is 2.53. The number of benzene rings is 1. The quantitative estimate of drug-likeness (QED) is 0.509. The van der Waals surface area contributed by atoms with Gasteiger partial charge in [-0.15, -0.1) is 0 Å². The maximum Gasteiger partial charge on any atom is 0.221 e. The van der Waals surface area contributed by atoms with E-state index in [9.17, 15) is 4.79 Å². The smallest absolute Gasteiger partial charge is 0.221 e. The Balaban J connectivity index is 2.67. The largest absolute Gasteiger partial charge is 0.357 e. The Kier molecular flexibility index (Phi) is 8.80. The molecule has 0 heterocycles. The minimum atomic E-state index is -0.0640. The van der Waals surface area contributed by atoms with E-state index >= 15 is 0 Å². The van der Waals surface area contributed by atoms with Crippen LogP contribution in [0.2, 0.25) is 0 Å². The molecular weight excluding hydrogens is 288 g/mol. The van der Waals surface area contributed by atoms with E-state index in [1.807, 2.05) is 24.3 Å². The van der Waals surface area contributed by atoms with E-state index in [1.54, 1.807) is 0 Å². The Morgan fingerprint density at radius 3 is 2.52 bits per heavy atom. The Labute approximate surface area is 140 Å². The highest BCUT2D eigenvalue weighted by molar-refractivity contribution is 5.88. The number of anilines is 1. The maximum atomic E-state index is 11.1. The highest BCUT2D eigenvalue weighted by Gasteiger charge is 2.05. The molecule has 23 heavy (non-hydrogen) atoms. The van der Waals surface area contributed by atoms with Gasteiger partial charge < -0.3 is 16.0 Å². The molecule has 0 bridgehead atoms. The predicted molar refractivity (Wildman–Crippen MR) is 97.6 cm³/mol. The van der Waals surface area contributed by atoms with Crippen LogP contribution in [-0.4, -0.2) is 25.0 Å². The Morgan fingerprint density at radius 2 is 1.91 bits per heavy atom. The summed E-state index contributed by atoms with van der Waals surface area (Å²) in [4.78, 5) is 15.7. The van der Waals surface area contributed by atoms with Gasteiger partial charge in [0.1, 0.15) is 0 Å². The second kappa shape index (κ2) is 10.6. The fourth-order valence-corrected chi connectivity index (χ4v) is 2.28. The molecule has 0 aromatic heterocycles. The topological polar surface area (TPSA) is 65.5 Å². The molecule has 0 atom stereocenters. The van der Waals surface area contributed by atoms with Crippen molar-refractivity contribution in [1.82, 2.24) is 10.6 Å². The molecule has 1 aromatic rings. The molecule has 0 aliphatic carbocycles. The third-order valence-corrected chi connectivity index (χ3v) is 3.72. The van der Waals surface area contributed by atoms with Gasteiger partial charge in [-0.3, -0.25) is 4.79 Å². The van der Waals surface area contributed by atoms with E-state index in [2.05, 4.69) is 41.7 Å². The van der Waals surface area contributed by atoms with Crippen LogP contribution in [0, 0.1) is 5.92 Å². The number of nitrogens with zero attached hydrogens (tertiary/aromatic N) is 1. The van der Waals surface area contributed by atoms with Gasteiger partial charge in [-0.1, -0.05) is 38.8 Å². The van der Waals surface area contributed by atoms with Crippen molar-refractivity contribution in [3.63, 3.8) is 0 Å². The van der Waals surface area contributed by atoms with E-state index in [0.717, 1.165) is 30.3 Å². The SMILES string of the molecule is CCNC(=NCc1cccc(NC(C)=O)c1)NCC(CC)CC. The number of hydrogen-bond acceptors (Lipinski definition) is 2. The van der Waals surface area contributed by atoms with Crippen molar-refractivity contribution >= 4 is 17.6 Å². The summed E-state index contributed by atoms with van der Waals surface area (Å²) in [6.45, 7) is 10.3. The fourth-order valence-electron chi connectivity index (χ4n) is 2.28. The molecule has 0 saturated carbocycles. The predicted octanol–water partition coefficient (Wildman–Crippen LogP) is 3.14. The number of nitrogens with one attached hydrogen (secondary N) is 3. The first-order valence-corrected chi connectivity index (χ1v) is 8.47. The molecule has 0 fully saturated rings. The number of guanidine groups is 1. The van der Waals surface area contributed by atoms with Gasteiger partial charge >= 0.3 is 0 Å². The zero-order chi connectivity index (χ0) is 17.1. The molecule has 0 aliphatic heterocycles. The van der Waals surface area contributed by atoms with Crippen molar-refractivity contribution in [3.05, 3.63) is 29.8 Å². The number of carbonyl (C=O) groups excluding carboxylic acids is 1. The number of hydrogen-bond donors (Lipinski definition) is 3. The molecule has 0 radical (unpaired) electrons. The van der Waals surface area contributed by atoms with Crippen LogP contribution in [0.4, 0.5) is 5.69 Å². The Hall–Kier alpha value is -2.04. The Bertz CT molecular complexity index is 509. The lowest BCUT2D eigenvalue weighted by Gasteiger charge is -2.16. The minimum Gasteiger partial charge on any atom is -0.357 e. The molecule has 3 N–H and O–H groups in total. The zero-order valence-electron chi connectivity index (χ0n) is 14.8. The van der Waals surface area contributed by atoms with Gasteiger partial charge in [-0.25, -0.2) is 4.99 Å². The average molecular weight is 318 g/mol. The van der Waals surface area contributed by atoms with Crippen molar-refractivity contribution in [3.8, 4) is 0 Å². The van der Waals surface area contributed by atoms with Gasteiger partial charge in [0.05, 0.1) is 6.54 Å². The second-order valence-electron chi connectivity index (χ2n) is 5.64. The van der Waals surface area contributed by atoms with Gasteiger partial charge in [0.2, 0.25) is 5.91 Å². The molecule has 0 aliphatic rings. The molecule has 5 heteroatoms. The van der Waals surface area contributed by atoms with Crippen LogP contribution < -0.4 is 16.0 Å². The first kappa shape index (κ1) is 19.0. The van der Waals surface area contributed by atoms with E-state index < -0.39 is 0 Å². The summed E-state index contributed by atoms with van der Waals surface area (Å²) in [6, 6.07) is 7.78. The van der Waals surface area contributed by atoms with Gasteiger partial charge in [-0.2, -0.15) is 0 Å². The number of aliphatic imine (C=N–C) groups is 1. The summed E-state index contributed by atoms with van der Waals surface area (Å²) in [5, 5.41) is 9.48. The molecule has 0 spiro atoms. The van der Waals surface area contributed by atoms with Crippen LogP contribution >= 0.6 is 0 Å². The summed E-state index contributed by atoms with van der Waals surface area (Å²) in [7, 11) is 0. The lowest BCUT2D eigenvalue weighted by atomic mass is 10.0. The Morgan fingerprint density at radius 1 is 1.17 bits per heavy atom. The van der Waals surface area contributed by atoms with Crippen molar-refractivity contribution in [2.45, 2.75) is 47.1 Å². The maximum absolute atomic E-state index is 11.1. The normalized spacial score (nSPS) is 11.4. The van der Waals surface area contributed by atoms with Crippen molar-refractivity contribution in [1.29, 1.82) is 0 Å². The number of rotatable bonds is 8. The van der Waals surface area contributed by atoms with Gasteiger partial charge in [0.25, 0.3) is 0 Å². The molecule has 1 rings (SSSR count). The molecule has 128 valence electrons. The van der Waals surface area contributed by atoms with E-state index in [-0.39, 0.29) is 5.91 Å². The second-order valence-corrected chi connectivity index (χ2v) is 5.64. The highest BCUT2D eigenvalue weighted by Crippen LogP contribution is 2.11. The number of carbonyl (C=O) groups is 1. The van der Waals surface area contributed by atoms with Gasteiger partial charge in [0.15, 0.2) is 5.96 Å². The summed E-state index contributed by atoms with van der Waals surface area (Å²) < 4.78 is 0. The summed E-state index contributed by atoms with van der Waals surface area (Å²) in [6.07, 6.45) is 2.34. The monoisotopic (exact) mass is 318 g/mol. The fraction of sp³-hybridized carbons (Fsp3) is 0.556. The first-order valence-electron chi connectivity index (χ1n) is 8.47. The summed E-state index contributed by atoms with van der Waals surface area (Å²) >= 11 is 0. The van der Waals surface area contributed by atoms with Crippen LogP contribution in [0.1, 0.15) is 46.1 Å². The third kappa shape index (κ3) is 7.68. The van der Waals surface area contributed by atoms with Gasteiger partial charge in [0, 0.05) is 25.7 Å². The van der Waals surface area contributed by atoms with E-state index in [0.29, 0.717) is 12.5 Å². The lowest BCUT2D eigenvalue weighted by molar-refractivity contribution is -0.114. The van der Waals surface area contributed by atoms with Crippen LogP contribution in [0.15, 0.2) is 29.3 Å². The van der Waals surface area contributed by atoms with Gasteiger partial charge in [-0.05, 0) is 30.5 Å². The minimum absolute atomic E-state index is 0.0640. The van der Waals surface area contributed by atoms with Crippen molar-refractivity contribution in [2.75, 3.05) is 18.4 Å². The van der Waals surface area contributed by atoms with Crippen molar-refractivity contribution in [2.24, 2.45) is 10.9 Å². The highest BCUT2D eigenvalue weighted by atomic mass is 16.1. The molecule has 0 unspecified atom stereocenters. The third-order valence-electron chi connectivity index (χ3n) is 3.72. The molecule has 1 aromatic carbocycles. The first-order chi connectivity index (χ1) is 11.1. The summed E-state index contributed by atoms with van der Waals surface area (Å²) in [5.74, 6) is 1.44. The zero-order valence-corrected chi connectivity index (χ0v) is 14.8. The molecule has 1 amide bonds. The van der Waals surface area contributed by atoms with Crippen LogP contribution in [0.5, 0.6) is 0 Å². The van der Waals surface area contributed by atoms with E-state index in [4.69, 9.17) is 0 Å². The van der Waals surface area contributed by atoms with Crippen LogP contribution in [0.25, 0.3) is 0 Å². The van der Waals surface area contributed by atoms with Crippen LogP contribution in [-0.2, 0) is 11.3 Å². The lowest BCUT2D eigenvalue weighted by Crippen LogP contribution is -2.39. The standard InChI is InChI=1S/C18H30N4O/c1-5-15(6-2)12-20-18(19-7-3)21-13-16-9-8-10-17(11-16)22-14(4)23/h8-11,15H,5-7,12-13H2,1-4H3,(H,22,23)(H2,19,20,21). The molecular formula is C18H30N4O. The number of amides is 1. The molecule has 5 nitrogen and oxygen atoms in total. The van der Waals surface area contributed by atoms with Crippen molar-refractivity contribution < 1.29 is 4.79 Å². The van der Waals surface area contributed by atoms with Crippen LogP contribution in [0.3, 0.4) is 0 Å². The van der Waals surface area contributed by atoms with E-state index in [1.165, 1.54) is 19.8 Å².